The topological polar surface area (TPSA) is 173 Å². The number of carbonyl (C=O) groups excluding carboxylic acids is 4. The minimum Gasteiger partial charge on any atom is -0.507 e. The highest BCUT2D eigenvalue weighted by Crippen LogP contribution is 2.44. The van der Waals surface area contributed by atoms with Gasteiger partial charge in [-0.2, -0.15) is 0 Å². The Labute approximate surface area is 384 Å². The summed E-state index contributed by atoms with van der Waals surface area (Å²) in [5, 5.41) is 22.7. The number of rotatable bonds is 14. The zero-order chi connectivity index (χ0) is 47.3. The Balaban J connectivity index is 1.20. The lowest BCUT2D eigenvalue weighted by Gasteiger charge is -2.20. The molecule has 0 unspecified atom stereocenters. The van der Waals surface area contributed by atoms with Gasteiger partial charge in [0.2, 0.25) is 0 Å². The quantitative estimate of drug-likeness (QED) is 0.0781. The van der Waals surface area contributed by atoms with E-state index in [1.807, 2.05) is 60.7 Å². The zero-order valence-electron chi connectivity index (χ0n) is 37.3. The van der Waals surface area contributed by atoms with Crippen molar-refractivity contribution in [3.63, 3.8) is 0 Å². The highest BCUT2D eigenvalue weighted by Gasteiger charge is 2.31. The van der Waals surface area contributed by atoms with Crippen molar-refractivity contribution in [3.05, 3.63) is 162 Å². The van der Waals surface area contributed by atoms with Gasteiger partial charge in [0.15, 0.2) is 5.75 Å². The van der Waals surface area contributed by atoms with Crippen molar-refractivity contribution in [1.29, 1.82) is 0 Å². The molecular weight excluding hydrogens is 900 g/mol. The summed E-state index contributed by atoms with van der Waals surface area (Å²) in [6.45, 7) is 11.5. The lowest BCUT2D eigenvalue weighted by molar-refractivity contribution is 0.0467. The van der Waals surface area contributed by atoms with Gasteiger partial charge >= 0.3 is 23.9 Å². The Hall–Kier alpha value is -7.32. The Morgan fingerprint density at radius 3 is 1.60 bits per heavy atom. The summed E-state index contributed by atoms with van der Waals surface area (Å²) >= 11 is 3.31. The molecule has 0 aromatic heterocycles. The smallest absolute Gasteiger partial charge is 0.347 e. The Morgan fingerprint density at radius 2 is 1.00 bits per heavy atom. The van der Waals surface area contributed by atoms with E-state index >= 15 is 0 Å². The van der Waals surface area contributed by atoms with E-state index in [1.54, 1.807) is 46.8 Å². The highest BCUT2D eigenvalue weighted by atomic mass is 79.9. The van der Waals surface area contributed by atoms with Gasteiger partial charge in [-0.05, 0) is 121 Å². The molecule has 0 saturated carbocycles. The second-order valence-electron chi connectivity index (χ2n) is 15.2. The van der Waals surface area contributed by atoms with Crippen LogP contribution in [-0.4, -0.2) is 48.3 Å². The van der Waals surface area contributed by atoms with Gasteiger partial charge in [0.25, 0.3) is 0 Å². The van der Waals surface area contributed by atoms with E-state index in [2.05, 4.69) is 15.9 Å². The molecule has 0 heterocycles. The minimum absolute atomic E-state index is 0.0252. The fourth-order valence-electron chi connectivity index (χ4n) is 7.11. The fourth-order valence-corrected chi connectivity index (χ4v) is 7.68. The molecule has 13 nitrogen and oxygen atoms in total. The zero-order valence-corrected chi connectivity index (χ0v) is 38.8. The number of ether oxygens (including phenoxy) is 7. The van der Waals surface area contributed by atoms with Crippen LogP contribution in [0.3, 0.4) is 0 Å². The van der Waals surface area contributed by atoms with Crippen LogP contribution in [0.2, 0.25) is 0 Å². The largest absolute Gasteiger partial charge is 0.507 e. The predicted molar refractivity (Wildman–Crippen MR) is 244 cm³/mol. The van der Waals surface area contributed by atoms with E-state index < -0.39 is 35.4 Å². The second kappa shape index (κ2) is 20.0. The molecule has 6 rings (SSSR count). The monoisotopic (exact) mass is 946 g/mol. The molecular formula is C51H47BrO13. The molecule has 0 aliphatic rings. The van der Waals surface area contributed by atoms with Crippen molar-refractivity contribution < 1.29 is 62.5 Å². The van der Waals surface area contributed by atoms with E-state index in [4.69, 9.17) is 33.2 Å². The van der Waals surface area contributed by atoms with Crippen molar-refractivity contribution >= 4 is 39.8 Å². The van der Waals surface area contributed by atoms with Crippen LogP contribution in [-0.2, 0) is 18.0 Å². The third-order valence-electron chi connectivity index (χ3n) is 11.0. The van der Waals surface area contributed by atoms with Crippen molar-refractivity contribution in [2.24, 2.45) is 0 Å². The summed E-state index contributed by atoms with van der Waals surface area (Å²) in [6.07, 6.45) is 0. The number of aryl methyl sites for hydroxylation is 2. The fraction of sp³-hybridized carbons (Fsp3) is 0.216. The summed E-state index contributed by atoms with van der Waals surface area (Å²) in [5.74, 6) is -3.67. The summed E-state index contributed by atoms with van der Waals surface area (Å²) in [4.78, 5) is 54.4. The second-order valence-corrected chi connectivity index (χ2v) is 16.0. The Morgan fingerprint density at radius 1 is 0.492 bits per heavy atom. The maximum atomic E-state index is 13.8. The first-order chi connectivity index (χ1) is 31.0. The van der Waals surface area contributed by atoms with Gasteiger partial charge in [0, 0.05) is 17.7 Å². The molecule has 6 aromatic carbocycles. The van der Waals surface area contributed by atoms with Gasteiger partial charge in [-0.1, -0.05) is 60.7 Å². The number of hydrogen-bond donors (Lipinski definition) is 2. The number of halogens is 1. The molecule has 0 atom stereocenters. The molecule has 2 N–H and O–H groups in total. The number of hydrogen-bond acceptors (Lipinski definition) is 13. The summed E-state index contributed by atoms with van der Waals surface area (Å²) < 4.78 is 39.8. The summed E-state index contributed by atoms with van der Waals surface area (Å²) in [5.41, 5.74) is 3.85. The van der Waals surface area contributed by atoms with Crippen molar-refractivity contribution in [2.45, 2.75) is 61.7 Å². The van der Waals surface area contributed by atoms with E-state index in [0.717, 1.165) is 11.1 Å². The lowest BCUT2D eigenvalue weighted by atomic mass is 10.00. The van der Waals surface area contributed by atoms with Crippen LogP contribution in [0.5, 0.6) is 46.0 Å². The Bertz CT molecular complexity index is 2810. The van der Waals surface area contributed by atoms with Gasteiger partial charge in [-0.25, -0.2) is 19.2 Å². The van der Waals surface area contributed by atoms with Gasteiger partial charge in [0.1, 0.15) is 80.2 Å². The third-order valence-corrected chi connectivity index (χ3v) is 11.8. The number of carbonyl (C=O) groups is 4. The number of aromatic hydroxyl groups is 2. The number of benzene rings is 6. The van der Waals surface area contributed by atoms with Crippen LogP contribution in [0.25, 0.3) is 0 Å². The maximum Gasteiger partial charge on any atom is 0.347 e. The van der Waals surface area contributed by atoms with Gasteiger partial charge in [-0.3, -0.25) is 0 Å². The maximum absolute atomic E-state index is 13.8. The molecule has 336 valence electrons. The highest BCUT2D eigenvalue weighted by molar-refractivity contribution is 9.10. The van der Waals surface area contributed by atoms with Gasteiger partial charge in [-0.15, -0.1) is 0 Å². The molecule has 0 radical (unpaired) electrons. The number of phenols is 2. The standard InChI is InChI=1S/C51H47BrO13/c1-26-20-35(61-24-33-16-12-10-13-17-33)22-38(59-8)40(26)49(56)65-47-31(6)30(5)43(46(54)44(47)52)51(58)63-36-21-27(2)41(45(53)32(36)7)50(57)64-37-23-39(60-9)42(29(4)28(37)3)48(55)62-25-34-18-14-11-15-19-34/h10-23,53-54H,24-25H2,1-9H3. The van der Waals surface area contributed by atoms with Crippen LogP contribution >= 0.6 is 15.9 Å². The van der Waals surface area contributed by atoms with Gasteiger partial charge in [0.05, 0.1) is 14.2 Å². The molecule has 0 bridgehead atoms. The molecule has 65 heavy (non-hydrogen) atoms. The number of phenolic OH excluding ortho intramolecular Hbond substituents is 2. The predicted octanol–water partition coefficient (Wildman–Crippen LogP) is 10.6. The number of esters is 4. The van der Waals surface area contributed by atoms with E-state index in [1.165, 1.54) is 40.2 Å². The molecule has 0 spiro atoms. The van der Waals surface area contributed by atoms with Crippen LogP contribution in [0.1, 0.15) is 91.5 Å². The van der Waals surface area contributed by atoms with E-state index in [0.29, 0.717) is 34.6 Å². The first kappa shape index (κ1) is 47.2. The average Bonchev–Trinajstić information content (AvgIpc) is 3.29. The van der Waals surface area contributed by atoms with Crippen LogP contribution in [0, 0.1) is 48.5 Å². The molecule has 14 heteroatoms. The molecule has 0 aliphatic heterocycles. The average molecular weight is 948 g/mol. The normalized spacial score (nSPS) is 10.8. The molecule has 0 fully saturated rings. The van der Waals surface area contributed by atoms with Crippen molar-refractivity contribution in [1.82, 2.24) is 0 Å². The molecule has 6 aromatic rings. The summed E-state index contributed by atoms with van der Waals surface area (Å²) in [6, 6.07) is 24.8. The van der Waals surface area contributed by atoms with Crippen LogP contribution in [0.15, 0.2) is 89.4 Å². The first-order valence-corrected chi connectivity index (χ1v) is 21.0. The summed E-state index contributed by atoms with van der Waals surface area (Å²) in [7, 11) is 2.79. The van der Waals surface area contributed by atoms with E-state index in [-0.39, 0.29) is 78.8 Å². The molecule has 0 amide bonds. The van der Waals surface area contributed by atoms with Crippen molar-refractivity contribution in [3.8, 4) is 46.0 Å². The first-order valence-electron chi connectivity index (χ1n) is 20.2. The molecule has 0 aliphatic carbocycles. The van der Waals surface area contributed by atoms with Crippen LogP contribution in [0.4, 0.5) is 0 Å². The van der Waals surface area contributed by atoms with Crippen molar-refractivity contribution in [2.75, 3.05) is 14.2 Å². The minimum atomic E-state index is -0.997. The van der Waals surface area contributed by atoms with E-state index in [9.17, 15) is 29.4 Å². The lowest BCUT2D eigenvalue weighted by Crippen LogP contribution is -2.17. The Kier molecular flexibility index (Phi) is 14.5. The SMILES string of the molecule is COc1cc(OCc2ccccc2)cc(C)c1C(=O)Oc1c(C)c(C)c(C(=O)Oc2cc(C)c(C(=O)Oc3cc(OC)c(C(=O)OCc4ccccc4)c(C)c3C)c(O)c2C)c(O)c1Br. The third kappa shape index (κ3) is 9.92. The van der Waals surface area contributed by atoms with Gasteiger partial charge < -0.3 is 43.4 Å². The van der Waals surface area contributed by atoms with Crippen LogP contribution < -0.4 is 28.4 Å². The number of methoxy groups -OCH3 is 2. The molecule has 0 saturated heterocycles.